The summed E-state index contributed by atoms with van der Waals surface area (Å²) in [5, 5.41) is 3.21. The molecule has 11 heavy (non-hydrogen) atoms. The summed E-state index contributed by atoms with van der Waals surface area (Å²) < 4.78 is 45.5. The van der Waals surface area contributed by atoms with Crippen LogP contribution in [0.3, 0.4) is 0 Å². The van der Waals surface area contributed by atoms with E-state index in [0.717, 1.165) is 0 Å². The number of hydrogen-bond acceptors (Lipinski definition) is 3. The van der Waals surface area contributed by atoms with Crippen LogP contribution in [-0.2, 0) is 17.3 Å². The van der Waals surface area contributed by atoms with Crippen LogP contribution in [0.4, 0.5) is 8.28 Å². The third kappa shape index (κ3) is 1.37. The summed E-state index contributed by atoms with van der Waals surface area (Å²) in [6.45, 7) is 0. The molecule has 0 N–H and O–H groups in total. The van der Waals surface area contributed by atoms with Crippen molar-refractivity contribution in [2.45, 2.75) is 4.90 Å². The molecule has 0 aliphatic heterocycles. The minimum Gasteiger partial charge on any atom is -0.242 e. The molecule has 0 aliphatic carbocycles. The minimum atomic E-state index is -4.97. The van der Waals surface area contributed by atoms with E-state index in [4.69, 9.17) is 0 Å². The predicted molar refractivity (Wildman–Crippen MR) is 31.5 cm³/mol. The molecule has 1 heterocycles. The molecule has 0 spiro atoms. The van der Waals surface area contributed by atoms with Gasteiger partial charge in [0.25, 0.3) is 0 Å². The van der Waals surface area contributed by atoms with Crippen LogP contribution in [0.1, 0.15) is 0 Å². The summed E-state index contributed by atoms with van der Waals surface area (Å²) in [6, 6.07) is 0. The Hall–Kier alpha value is -0.980. The maximum Gasteiger partial charge on any atom is 0.338 e. The zero-order valence-electron chi connectivity index (χ0n) is 5.45. The highest BCUT2D eigenvalue weighted by molar-refractivity contribution is 7.86. The van der Waals surface area contributed by atoms with Crippen molar-refractivity contribution in [2.24, 2.45) is 7.05 Å². The largest absolute Gasteiger partial charge is 0.338 e. The van der Waals surface area contributed by atoms with Crippen molar-refractivity contribution < 1.29 is 16.7 Å². The second-order valence-corrected chi connectivity index (χ2v) is 3.18. The van der Waals surface area contributed by atoms with Crippen LogP contribution in [0, 0.1) is 5.95 Å². The Morgan fingerprint density at radius 2 is 2.18 bits per heavy atom. The number of aryl methyl sites for hydroxylation is 1. The molecule has 1 rings (SSSR count). The highest BCUT2D eigenvalue weighted by Gasteiger charge is 2.21. The highest BCUT2D eigenvalue weighted by atomic mass is 32.3. The quantitative estimate of drug-likeness (QED) is 0.583. The van der Waals surface area contributed by atoms with Crippen LogP contribution < -0.4 is 0 Å². The lowest BCUT2D eigenvalue weighted by Gasteiger charge is -1.88. The Balaban J connectivity index is 3.38. The van der Waals surface area contributed by atoms with Crippen molar-refractivity contribution in [3.63, 3.8) is 0 Å². The SMILES string of the molecule is Cn1ncc(S(=O)(=O)F)c1F. The molecular formula is C4H4F2N2O2S. The fourth-order valence-corrected chi connectivity index (χ4v) is 1.07. The van der Waals surface area contributed by atoms with Crippen molar-refractivity contribution >= 4 is 10.2 Å². The Labute approximate surface area is 61.7 Å². The zero-order chi connectivity index (χ0) is 8.65. The van der Waals surface area contributed by atoms with Gasteiger partial charge in [0.05, 0.1) is 6.20 Å². The normalized spacial score (nSPS) is 11.9. The van der Waals surface area contributed by atoms with Gasteiger partial charge in [-0.15, -0.1) is 3.89 Å². The zero-order valence-corrected chi connectivity index (χ0v) is 6.27. The molecule has 0 bridgehead atoms. The Morgan fingerprint density at radius 1 is 1.64 bits per heavy atom. The van der Waals surface area contributed by atoms with Crippen LogP contribution >= 0.6 is 0 Å². The molecule has 0 unspecified atom stereocenters. The van der Waals surface area contributed by atoms with E-state index >= 15 is 0 Å². The van der Waals surface area contributed by atoms with Crippen LogP contribution in [0.25, 0.3) is 0 Å². The van der Waals surface area contributed by atoms with Crippen LogP contribution in [0.15, 0.2) is 11.1 Å². The summed E-state index contributed by atoms with van der Waals surface area (Å²) in [4.78, 5) is -1.03. The number of hydrogen-bond donors (Lipinski definition) is 0. The minimum absolute atomic E-state index is 0.616. The van der Waals surface area contributed by atoms with Gasteiger partial charge in [-0.25, -0.2) is 4.68 Å². The lowest BCUT2D eigenvalue weighted by molar-refractivity contribution is 0.477. The summed E-state index contributed by atoms with van der Waals surface area (Å²) in [5.41, 5.74) is 0. The molecule has 0 atom stereocenters. The molecule has 0 saturated heterocycles. The van der Waals surface area contributed by atoms with E-state index in [1.807, 2.05) is 0 Å². The second-order valence-electron chi connectivity index (χ2n) is 1.86. The third-order valence-corrected chi connectivity index (χ3v) is 1.90. The molecule has 0 saturated carbocycles. The van der Waals surface area contributed by atoms with Gasteiger partial charge in [-0.2, -0.15) is 17.9 Å². The average molecular weight is 182 g/mol. The lowest BCUT2D eigenvalue weighted by atomic mass is 10.7. The van der Waals surface area contributed by atoms with Gasteiger partial charge < -0.3 is 0 Å². The van der Waals surface area contributed by atoms with Gasteiger partial charge >= 0.3 is 10.2 Å². The van der Waals surface area contributed by atoms with E-state index in [2.05, 4.69) is 5.10 Å². The van der Waals surface area contributed by atoms with E-state index in [9.17, 15) is 16.7 Å². The molecular weight excluding hydrogens is 178 g/mol. The number of nitrogens with zero attached hydrogens (tertiary/aromatic N) is 2. The van der Waals surface area contributed by atoms with E-state index in [0.29, 0.717) is 10.9 Å². The standard InChI is InChI=1S/C4H4F2N2O2S/c1-8-4(5)3(2-7-8)11(6,9)10/h2H,1H3. The van der Waals surface area contributed by atoms with Gasteiger partial charge in [0.1, 0.15) is 0 Å². The molecule has 0 aliphatic rings. The van der Waals surface area contributed by atoms with Crippen molar-refractivity contribution in [3.8, 4) is 0 Å². The number of aromatic nitrogens is 2. The molecule has 4 nitrogen and oxygen atoms in total. The first-order valence-corrected chi connectivity index (χ1v) is 3.93. The van der Waals surface area contributed by atoms with E-state index < -0.39 is 21.1 Å². The molecule has 62 valence electrons. The topological polar surface area (TPSA) is 52.0 Å². The molecule has 0 radical (unpaired) electrons. The van der Waals surface area contributed by atoms with Crippen LogP contribution in [0.2, 0.25) is 0 Å². The van der Waals surface area contributed by atoms with Gasteiger partial charge in [0.2, 0.25) is 5.95 Å². The van der Waals surface area contributed by atoms with Crippen molar-refractivity contribution in [2.75, 3.05) is 0 Å². The summed E-state index contributed by atoms with van der Waals surface area (Å²) in [7, 11) is -3.80. The molecule has 0 aromatic carbocycles. The average Bonchev–Trinajstić information content (AvgIpc) is 2.11. The van der Waals surface area contributed by atoms with Gasteiger partial charge in [-0.05, 0) is 0 Å². The van der Waals surface area contributed by atoms with Crippen molar-refractivity contribution in [1.82, 2.24) is 9.78 Å². The van der Waals surface area contributed by atoms with Crippen molar-refractivity contribution in [1.29, 1.82) is 0 Å². The third-order valence-electron chi connectivity index (χ3n) is 1.10. The number of halogens is 2. The maximum absolute atomic E-state index is 12.5. The summed E-state index contributed by atoms with van der Waals surface area (Å²) in [6.07, 6.45) is 0.616. The maximum atomic E-state index is 12.5. The molecule has 0 fully saturated rings. The Kier molecular flexibility index (Phi) is 1.67. The summed E-state index contributed by atoms with van der Waals surface area (Å²) in [5.74, 6) is -1.20. The fraction of sp³-hybridized carbons (Fsp3) is 0.250. The molecule has 0 amide bonds. The van der Waals surface area contributed by atoms with E-state index in [1.54, 1.807) is 0 Å². The molecule has 1 aromatic heterocycles. The Morgan fingerprint density at radius 3 is 2.36 bits per heavy atom. The van der Waals surface area contributed by atoms with Gasteiger partial charge in [-0.1, -0.05) is 0 Å². The first kappa shape index (κ1) is 8.12. The van der Waals surface area contributed by atoms with Crippen LogP contribution in [0.5, 0.6) is 0 Å². The van der Waals surface area contributed by atoms with E-state index in [1.165, 1.54) is 7.05 Å². The monoisotopic (exact) mass is 182 g/mol. The van der Waals surface area contributed by atoms with Gasteiger partial charge in [0.15, 0.2) is 4.90 Å². The highest BCUT2D eigenvalue weighted by Crippen LogP contribution is 2.14. The first-order valence-electron chi connectivity index (χ1n) is 2.55. The second kappa shape index (κ2) is 2.26. The lowest BCUT2D eigenvalue weighted by Crippen LogP contribution is -1.98. The number of rotatable bonds is 1. The van der Waals surface area contributed by atoms with Gasteiger partial charge in [0, 0.05) is 7.05 Å². The fourth-order valence-electron chi connectivity index (χ4n) is 0.566. The van der Waals surface area contributed by atoms with Crippen molar-refractivity contribution in [3.05, 3.63) is 12.1 Å². The van der Waals surface area contributed by atoms with Gasteiger partial charge in [-0.3, -0.25) is 0 Å². The van der Waals surface area contributed by atoms with E-state index in [-0.39, 0.29) is 0 Å². The summed E-state index contributed by atoms with van der Waals surface area (Å²) >= 11 is 0. The first-order chi connectivity index (χ1) is 4.93. The predicted octanol–water partition coefficient (Wildman–Crippen LogP) is 0.217. The van der Waals surface area contributed by atoms with Crippen LogP contribution in [-0.4, -0.2) is 18.2 Å². The molecule has 1 aromatic rings. The smallest absolute Gasteiger partial charge is 0.242 e. The molecule has 7 heteroatoms. The Bertz CT molecular complexity index is 369.